The molecule has 3 aliphatic rings. The van der Waals surface area contributed by atoms with Crippen LogP contribution in [0.15, 0.2) is 15.7 Å². The second-order valence-corrected chi connectivity index (χ2v) is 9.45. The summed E-state index contributed by atoms with van der Waals surface area (Å²) in [4.78, 5) is 29.4. The van der Waals surface area contributed by atoms with Crippen LogP contribution in [-0.2, 0) is 12.8 Å². The number of nitrogens with one attached hydrogen (secondary N) is 1. The van der Waals surface area contributed by atoms with Gasteiger partial charge in [0.1, 0.15) is 6.17 Å². The molecular weight excluding hydrogens is 379 g/mol. The Morgan fingerprint density at radius 3 is 2.82 bits per heavy atom. The van der Waals surface area contributed by atoms with E-state index >= 15 is 4.39 Å². The highest BCUT2D eigenvalue weighted by Gasteiger charge is 2.34. The summed E-state index contributed by atoms with van der Waals surface area (Å²) in [5.41, 5.74) is 1.07. The zero-order valence-corrected chi connectivity index (χ0v) is 16.5. The molecule has 5 nitrogen and oxygen atoms in total. The smallest absolute Gasteiger partial charge is 0.329 e. The van der Waals surface area contributed by atoms with E-state index in [2.05, 4.69) is 11.1 Å². The molecule has 3 aliphatic carbocycles. The first-order valence-electron chi connectivity index (χ1n) is 9.91. The minimum atomic E-state index is -1.30. The highest BCUT2D eigenvalue weighted by molar-refractivity contribution is 7.12. The summed E-state index contributed by atoms with van der Waals surface area (Å²) in [5.74, 6) is -0.194. The Balaban J connectivity index is 1.69. The Kier molecular flexibility index (Phi) is 4.21. The van der Waals surface area contributed by atoms with Gasteiger partial charge in [0.25, 0.3) is 5.56 Å². The first-order chi connectivity index (χ1) is 13.5. The summed E-state index contributed by atoms with van der Waals surface area (Å²) in [7, 11) is 0. The molecule has 0 amide bonds. The lowest BCUT2D eigenvalue weighted by Crippen LogP contribution is -2.57. The summed E-state index contributed by atoms with van der Waals surface area (Å²) >= 11 is 1.64. The van der Waals surface area contributed by atoms with E-state index in [0.29, 0.717) is 5.35 Å². The Morgan fingerprint density at radius 1 is 1.32 bits per heavy atom. The van der Waals surface area contributed by atoms with Gasteiger partial charge in [0, 0.05) is 22.4 Å². The highest BCUT2D eigenvalue weighted by atomic mass is 32.1. The number of rotatable bonds is 3. The van der Waals surface area contributed by atoms with Crippen molar-refractivity contribution < 1.29 is 9.50 Å². The monoisotopic (exact) mass is 402 g/mol. The molecule has 2 aromatic rings. The number of aliphatic hydroxyl groups excluding tert-OH is 1. The number of alkyl halides is 1. The van der Waals surface area contributed by atoms with Gasteiger partial charge in [-0.3, -0.25) is 14.3 Å². The number of nitrogens with zero attached hydrogens (tertiary/aromatic N) is 1. The van der Waals surface area contributed by atoms with Crippen LogP contribution in [0, 0.1) is 5.92 Å². The average Bonchev–Trinajstić information content (AvgIpc) is 3.41. The van der Waals surface area contributed by atoms with Crippen molar-refractivity contribution in [2.75, 3.05) is 6.61 Å². The molecule has 0 aliphatic heterocycles. The number of H-pyrrole nitrogens is 1. The minimum Gasteiger partial charge on any atom is -0.396 e. The van der Waals surface area contributed by atoms with E-state index in [1.165, 1.54) is 16.5 Å². The SMILES string of the molecule is CC1=c2c(c(=O)[nH]c(=O)n2C2CC2)=CC(F)C1c1cc2c(s1)CCC(CO)C2. The fraction of sp³-hybridized carbons (Fsp3) is 0.524. The van der Waals surface area contributed by atoms with Crippen molar-refractivity contribution in [3.63, 3.8) is 0 Å². The van der Waals surface area contributed by atoms with Crippen LogP contribution in [0.4, 0.5) is 4.39 Å². The molecule has 3 atom stereocenters. The molecule has 0 spiro atoms. The molecule has 3 unspecified atom stereocenters. The largest absolute Gasteiger partial charge is 0.396 e. The van der Waals surface area contributed by atoms with Crippen LogP contribution < -0.4 is 21.8 Å². The number of fused-ring (bicyclic) bond motifs is 2. The van der Waals surface area contributed by atoms with Gasteiger partial charge >= 0.3 is 5.69 Å². The fourth-order valence-electron chi connectivity index (χ4n) is 4.74. The maximum absolute atomic E-state index is 15.2. The second kappa shape index (κ2) is 6.52. The number of halogens is 1. The second-order valence-electron chi connectivity index (χ2n) is 8.28. The number of aryl methyl sites for hydroxylation is 1. The minimum absolute atomic E-state index is 0.0973. The van der Waals surface area contributed by atoms with Crippen LogP contribution in [0.1, 0.15) is 53.5 Å². The molecule has 2 N–H and O–H groups in total. The third-order valence-corrected chi connectivity index (χ3v) is 7.67. The van der Waals surface area contributed by atoms with Crippen LogP contribution in [-0.4, -0.2) is 27.4 Å². The van der Waals surface area contributed by atoms with Crippen LogP contribution >= 0.6 is 11.3 Å². The first-order valence-corrected chi connectivity index (χ1v) is 10.7. The summed E-state index contributed by atoms with van der Waals surface area (Å²) in [6.45, 7) is 2.04. The Morgan fingerprint density at radius 2 is 2.11 bits per heavy atom. The standard InChI is InChI=1S/C21H23FN2O3S/c1-10-18(17-7-12-6-11(9-25)2-5-16(12)28-17)15(22)8-14-19(10)24(13-3-4-13)21(27)23-20(14)26/h7-8,11,13,15,18,25H,2-6,9H2,1H3,(H,23,26,27). The number of hydrogen-bond donors (Lipinski definition) is 2. The van der Waals surface area contributed by atoms with Crippen molar-refractivity contribution in [2.45, 2.75) is 57.2 Å². The van der Waals surface area contributed by atoms with E-state index in [0.717, 1.165) is 42.6 Å². The van der Waals surface area contributed by atoms with Gasteiger partial charge < -0.3 is 5.11 Å². The van der Waals surface area contributed by atoms with Gasteiger partial charge in [-0.05, 0) is 68.2 Å². The van der Waals surface area contributed by atoms with Gasteiger partial charge in [0.15, 0.2) is 0 Å². The lowest BCUT2D eigenvalue weighted by molar-refractivity contribution is 0.214. The summed E-state index contributed by atoms with van der Waals surface area (Å²) in [6.07, 6.45) is 4.61. The fourth-order valence-corrected chi connectivity index (χ4v) is 6.16. The molecular formula is C21H23FN2O3S. The van der Waals surface area contributed by atoms with Crippen LogP contribution in [0.5, 0.6) is 0 Å². The van der Waals surface area contributed by atoms with Crippen molar-refractivity contribution in [2.24, 2.45) is 5.92 Å². The van der Waals surface area contributed by atoms with E-state index in [9.17, 15) is 14.7 Å². The predicted octanol–water partition coefficient (Wildman–Crippen LogP) is 1.12. The molecule has 148 valence electrons. The molecule has 0 bridgehead atoms. The van der Waals surface area contributed by atoms with Crippen molar-refractivity contribution in [3.8, 4) is 0 Å². The number of aliphatic hydroxyl groups is 1. The van der Waals surface area contributed by atoms with Crippen molar-refractivity contribution >= 4 is 23.0 Å². The third-order valence-electron chi connectivity index (χ3n) is 6.34. The zero-order chi connectivity index (χ0) is 19.6. The summed E-state index contributed by atoms with van der Waals surface area (Å²) in [5, 5.41) is 10.4. The molecule has 2 aromatic heterocycles. The molecule has 2 heterocycles. The first kappa shape index (κ1) is 18.1. The Labute approximate surface area is 164 Å². The van der Waals surface area contributed by atoms with E-state index in [1.807, 2.05) is 6.92 Å². The van der Waals surface area contributed by atoms with E-state index < -0.39 is 23.3 Å². The molecule has 5 rings (SSSR count). The van der Waals surface area contributed by atoms with Gasteiger partial charge in [-0.2, -0.15) is 0 Å². The van der Waals surface area contributed by atoms with E-state index in [1.54, 1.807) is 15.9 Å². The van der Waals surface area contributed by atoms with Gasteiger partial charge in [0.05, 0.1) is 16.5 Å². The van der Waals surface area contributed by atoms with Crippen LogP contribution in [0.3, 0.4) is 0 Å². The molecule has 28 heavy (non-hydrogen) atoms. The van der Waals surface area contributed by atoms with Gasteiger partial charge in [0.2, 0.25) is 0 Å². The Hall–Kier alpha value is -1.99. The molecule has 1 saturated carbocycles. The average molecular weight is 402 g/mol. The molecule has 0 aromatic carbocycles. The van der Waals surface area contributed by atoms with Gasteiger partial charge in [-0.15, -0.1) is 11.3 Å². The number of aromatic amines is 1. The highest BCUT2D eigenvalue weighted by Crippen LogP contribution is 2.41. The predicted molar refractivity (Wildman–Crippen MR) is 107 cm³/mol. The van der Waals surface area contributed by atoms with Crippen molar-refractivity contribution in [1.82, 2.24) is 9.55 Å². The Bertz CT molecular complexity index is 1190. The van der Waals surface area contributed by atoms with Crippen molar-refractivity contribution in [3.05, 3.63) is 52.8 Å². The topological polar surface area (TPSA) is 75.1 Å². The summed E-state index contributed by atoms with van der Waals surface area (Å²) in [6, 6.07) is 2.17. The van der Waals surface area contributed by atoms with E-state index in [4.69, 9.17) is 0 Å². The van der Waals surface area contributed by atoms with Crippen LogP contribution in [0.25, 0.3) is 11.6 Å². The number of thiophene rings is 1. The zero-order valence-electron chi connectivity index (χ0n) is 15.7. The maximum Gasteiger partial charge on any atom is 0.329 e. The van der Waals surface area contributed by atoms with Gasteiger partial charge in [-0.1, -0.05) is 0 Å². The lowest BCUT2D eigenvalue weighted by Gasteiger charge is -2.23. The van der Waals surface area contributed by atoms with Crippen LogP contribution in [0.2, 0.25) is 0 Å². The number of hydrogen-bond acceptors (Lipinski definition) is 4. The van der Waals surface area contributed by atoms with Gasteiger partial charge in [-0.25, -0.2) is 9.18 Å². The van der Waals surface area contributed by atoms with E-state index in [-0.39, 0.29) is 23.8 Å². The normalized spacial score (nSPS) is 26.5. The molecule has 1 fully saturated rings. The lowest BCUT2D eigenvalue weighted by atomic mass is 9.86. The third kappa shape index (κ3) is 2.75. The number of aromatic nitrogens is 2. The quantitative estimate of drug-likeness (QED) is 0.808. The van der Waals surface area contributed by atoms with Crippen molar-refractivity contribution in [1.29, 1.82) is 0 Å². The maximum atomic E-state index is 15.2. The molecule has 7 heteroatoms. The molecule has 0 radical (unpaired) electrons. The summed E-state index contributed by atoms with van der Waals surface area (Å²) < 4.78 is 16.9. The molecule has 0 saturated heterocycles.